The molecule has 2 unspecified atom stereocenters. The highest BCUT2D eigenvalue weighted by atomic mass is 79.9. The van der Waals surface area contributed by atoms with Gasteiger partial charge in [0.15, 0.2) is 0 Å². The van der Waals surface area contributed by atoms with Crippen LogP contribution in [0.25, 0.3) is 0 Å². The van der Waals surface area contributed by atoms with Crippen LogP contribution in [0.3, 0.4) is 0 Å². The Balaban J connectivity index is 1.23. The highest BCUT2D eigenvalue weighted by molar-refractivity contribution is 9.10. The molecule has 0 saturated carbocycles. The Morgan fingerprint density at radius 2 is 1.92 bits per heavy atom. The normalized spacial score (nSPS) is 21.2. The molecule has 0 bridgehead atoms. The molecule has 1 spiro atoms. The van der Waals surface area contributed by atoms with E-state index in [0.29, 0.717) is 43.2 Å². The Labute approximate surface area is 226 Å². The third kappa shape index (κ3) is 6.90. The Hall–Kier alpha value is -1.58. The summed E-state index contributed by atoms with van der Waals surface area (Å²) in [7, 11) is -7.40. The molecule has 2 aromatic carbocycles. The first-order valence-corrected chi connectivity index (χ1v) is 15.7. The predicted octanol–water partition coefficient (Wildman–Crippen LogP) is 1.75. The first kappa shape index (κ1) is 28.4. The molecule has 2 atom stereocenters. The second-order valence-electron chi connectivity index (χ2n) is 9.60. The Morgan fingerprint density at radius 3 is 2.59 bits per heavy atom. The molecule has 0 aliphatic carbocycles. The van der Waals surface area contributed by atoms with Gasteiger partial charge in [0.05, 0.1) is 22.0 Å². The molecule has 13 heteroatoms. The average molecular weight is 619 g/mol. The number of aliphatic hydroxyl groups excluding tert-OH is 1. The maximum atomic E-state index is 13.1. The van der Waals surface area contributed by atoms with Crippen molar-refractivity contribution in [2.75, 3.05) is 32.8 Å². The lowest BCUT2D eigenvalue weighted by molar-refractivity contribution is -0.0312. The lowest BCUT2D eigenvalue weighted by atomic mass is 9.88. The summed E-state index contributed by atoms with van der Waals surface area (Å²) in [6, 6.07) is 10.9. The third-order valence-electron chi connectivity index (χ3n) is 6.83. The highest BCUT2D eigenvalue weighted by Gasteiger charge is 2.44. The zero-order valence-electron chi connectivity index (χ0n) is 20.5. The van der Waals surface area contributed by atoms with Crippen molar-refractivity contribution < 1.29 is 31.4 Å². The summed E-state index contributed by atoms with van der Waals surface area (Å²) < 4.78 is 63.2. The summed E-state index contributed by atoms with van der Waals surface area (Å²) in [5.41, 5.74) is 0.488. The van der Waals surface area contributed by atoms with Gasteiger partial charge in [-0.3, -0.25) is 0 Å². The molecule has 37 heavy (non-hydrogen) atoms. The van der Waals surface area contributed by atoms with Crippen molar-refractivity contribution >= 4 is 36.0 Å². The number of halogens is 1. The second-order valence-corrected chi connectivity index (χ2v) is 14.0. The maximum absolute atomic E-state index is 13.1. The molecule has 2 heterocycles. The number of nitrogens with zero attached hydrogens (tertiary/aromatic N) is 1. The van der Waals surface area contributed by atoms with E-state index in [2.05, 4.69) is 21.2 Å². The van der Waals surface area contributed by atoms with Crippen LogP contribution in [0.1, 0.15) is 24.8 Å². The van der Waals surface area contributed by atoms with Crippen molar-refractivity contribution in [2.45, 2.75) is 53.7 Å². The fraction of sp³-hybridized carbons (Fsp3) is 0.500. The monoisotopic (exact) mass is 617 g/mol. The van der Waals surface area contributed by atoms with Gasteiger partial charge in [0.25, 0.3) is 0 Å². The molecular weight excluding hydrogens is 586 g/mol. The second kappa shape index (κ2) is 11.3. The molecule has 0 radical (unpaired) electrons. The van der Waals surface area contributed by atoms with Crippen molar-refractivity contribution in [1.82, 2.24) is 9.62 Å². The Bertz CT molecular complexity index is 1330. The molecule has 2 aromatic rings. The maximum Gasteiger partial charge on any atom is 0.243 e. The van der Waals surface area contributed by atoms with Crippen LogP contribution >= 0.6 is 15.9 Å². The number of sulfonamides is 2. The standard InChI is InChI=1S/C24H32BrN3O7S2/c1-17-11-22(5-6-23(17)25)37(32,33)28-9-7-24(8-10-28)13-18(15-35-24)27-14-19(29)16-34-20-3-2-4-21(12-20)36(26,30)31/h2-6,11-12,18-19,27,29H,7-10,13-16H2,1H3,(H2,26,30,31). The van der Waals surface area contributed by atoms with Crippen LogP contribution in [0.15, 0.2) is 56.7 Å². The SMILES string of the molecule is Cc1cc(S(=O)(=O)N2CCC3(CC2)CC(NCC(O)COc2cccc(S(N)(=O)=O)c2)CO3)ccc1Br. The van der Waals surface area contributed by atoms with E-state index < -0.39 is 26.2 Å². The number of hydrogen-bond donors (Lipinski definition) is 3. The van der Waals surface area contributed by atoms with Crippen molar-refractivity contribution in [2.24, 2.45) is 5.14 Å². The summed E-state index contributed by atoms with van der Waals surface area (Å²) in [6.07, 6.45) is 1.11. The molecule has 204 valence electrons. The van der Waals surface area contributed by atoms with Crippen LogP contribution < -0.4 is 15.2 Å². The first-order valence-electron chi connectivity index (χ1n) is 12.0. The third-order valence-corrected chi connectivity index (χ3v) is 10.5. The van der Waals surface area contributed by atoms with Crippen molar-refractivity contribution in [3.8, 4) is 5.75 Å². The number of aryl methyl sites for hydroxylation is 1. The number of benzene rings is 2. The van der Waals surface area contributed by atoms with Gasteiger partial charge in [-0.25, -0.2) is 22.0 Å². The summed E-state index contributed by atoms with van der Waals surface area (Å²) >= 11 is 3.41. The van der Waals surface area contributed by atoms with Gasteiger partial charge in [0, 0.05) is 36.2 Å². The molecule has 2 aliphatic heterocycles. The van der Waals surface area contributed by atoms with Gasteiger partial charge in [-0.15, -0.1) is 0 Å². The Kier molecular flexibility index (Phi) is 8.65. The minimum Gasteiger partial charge on any atom is -0.491 e. The highest BCUT2D eigenvalue weighted by Crippen LogP contribution is 2.37. The molecule has 4 rings (SSSR count). The molecule has 0 amide bonds. The number of primary sulfonamides is 1. The number of hydrogen-bond acceptors (Lipinski definition) is 8. The quantitative estimate of drug-likeness (QED) is 0.385. The largest absolute Gasteiger partial charge is 0.491 e. The van der Waals surface area contributed by atoms with Gasteiger partial charge in [0.2, 0.25) is 20.0 Å². The topological polar surface area (TPSA) is 148 Å². The van der Waals surface area contributed by atoms with Crippen LogP contribution in [0.5, 0.6) is 5.75 Å². The zero-order valence-corrected chi connectivity index (χ0v) is 23.7. The van der Waals surface area contributed by atoms with Crippen molar-refractivity contribution in [3.63, 3.8) is 0 Å². The number of rotatable bonds is 9. The number of aliphatic hydroxyl groups is 1. The molecular formula is C24H32BrN3O7S2. The van der Waals surface area contributed by atoms with Gasteiger partial charge in [-0.1, -0.05) is 22.0 Å². The molecule has 4 N–H and O–H groups in total. The van der Waals surface area contributed by atoms with Gasteiger partial charge in [0.1, 0.15) is 18.5 Å². The Morgan fingerprint density at radius 1 is 1.19 bits per heavy atom. The molecule has 10 nitrogen and oxygen atoms in total. The number of ether oxygens (including phenoxy) is 2. The van der Waals surface area contributed by atoms with Crippen LogP contribution in [0.4, 0.5) is 0 Å². The van der Waals surface area contributed by atoms with Gasteiger partial charge < -0.3 is 19.9 Å². The van der Waals surface area contributed by atoms with E-state index in [0.717, 1.165) is 16.5 Å². The number of piperidine rings is 1. The van der Waals surface area contributed by atoms with E-state index in [4.69, 9.17) is 14.6 Å². The minimum atomic E-state index is -3.84. The fourth-order valence-corrected chi connectivity index (χ4v) is 7.00. The van der Waals surface area contributed by atoms with Crippen LogP contribution in [0, 0.1) is 6.92 Å². The summed E-state index contributed by atoms with van der Waals surface area (Å²) in [4.78, 5) is 0.237. The molecule has 2 aliphatic rings. The van der Waals surface area contributed by atoms with Crippen molar-refractivity contribution in [3.05, 3.63) is 52.5 Å². The van der Waals surface area contributed by atoms with E-state index in [-0.39, 0.29) is 29.7 Å². The van der Waals surface area contributed by atoms with Crippen LogP contribution in [0.2, 0.25) is 0 Å². The fourth-order valence-electron chi connectivity index (χ4n) is 4.68. The predicted molar refractivity (Wildman–Crippen MR) is 141 cm³/mol. The van der Waals surface area contributed by atoms with E-state index in [1.807, 2.05) is 6.92 Å². The van der Waals surface area contributed by atoms with E-state index in [1.54, 1.807) is 24.3 Å². The van der Waals surface area contributed by atoms with E-state index in [1.165, 1.54) is 22.5 Å². The van der Waals surface area contributed by atoms with Crippen molar-refractivity contribution in [1.29, 1.82) is 0 Å². The smallest absolute Gasteiger partial charge is 0.243 e. The number of nitrogens with one attached hydrogen (secondary N) is 1. The van der Waals surface area contributed by atoms with Gasteiger partial charge >= 0.3 is 0 Å². The first-order chi connectivity index (χ1) is 17.4. The number of nitrogens with two attached hydrogens (primary N) is 1. The van der Waals surface area contributed by atoms with Gasteiger partial charge in [-0.2, -0.15) is 4.31 Å². The summed E-state index contributed by atoms with van der Waals surface area (Å²) in [5.74, 6) is 0.300. The average Bonchev–Trinajstić information content (AvgIpc) is 3.25. The molecule has 2 saturated heterocycles. The van der Waals surface area contributed by atoms with Crippen LogP contribution in [-0.2, 0) is 24.8 Å². The lowest BCUT2D eigenvalue weighted by Crippen LogP contribution is -2.47. The molecule has 0 aromatic heterocycles. The minimum absolute atomic E-state index is 0.0256. The lowest BCUT2D eigenvalue weighted by Gasteiger charge is -2.38. The summed E-state index contributed by atoms with van der Waals surface area (Å²) in [5, 5.41) is 18.8. The van der Waals surface area contributed by atoms with E-state index >= 15 is 0 Å². The van der Waals surface area contributed by atoms with Crippen LogP contribution in [-0.4, -0.2) is 76.8 Å². The van der Waals surface area contributed by atoms with Gasteiger partial charge in [-0.05, 0) is 62.1 Å². The zero-order chi connectivity index (χ0) is 26.8. The molecule has 2 fully saturated rings. The van der Waals surface area contributed by atoms with E-state index in [9.17, 15) is 21.9 Å². The summed E-state index contributed by atoms with van der Waals surface area (Å²) in [6.45, 7) is 3.35.